The first kappa shape index (κ1) is 13.1. The molecular formula is C15H14N2O5. The van der Waals surface area contributed by atoms with Crippen LogP contribution in [0.4, 0.5) is 0 Å². The lowest BCUT2D eigenvalue weighted by molar-refractivity contribution is -0.143. The topological polar surface area (TPSA) is 96.8 Å². The summed E-state index contributed by atoms with van der Waals surface area (Å²) in [7, 11) is 0. The quantitative estimate of drug-likeness (QED) is 0.931. The Balaban J connectivity index is 1.65. The van der Waals surface area contributed by atoms with Crippen molar-refractivity contribution in [2.24, 2.45) is 0 Å². The van der Waals surface area contributed by atoms with Gasteiger partial charge in [0.15, 0.2) is 11.9 Å². The van der Waals surface area contributed by atoms with E-state index in [9.17, 15) is 14.7 Å². The van der Waals surface area contributed by atoms with Crippen molar-refractivity contribution in [2.45, 2.75) is 31.2 Å². The van der Waals surface area contributed by atoms with Gasteiger partial charge in [0, 0.05) is 24.4 Å². The number of hydrogen-bond acceptors (Lipinski definition) is 5. The molecule has 0 bridgehead atoms. The van der Waals surface area contributed by atoms with Gasteiger partial charge in [-0.05, 0) is 18.9 Å². The number of carbonyl (C=O) groups excluding carboxylic acids is 1. The smallest absolute Gasteiger partial charge is 0.331 e. The highest BCUT2D eigenvalue weighted by molar-refractivity contribution is 5.94. The molecule has 2 aromatic rings. The number of aromatic nitrogens is 1. The Labute approximate surface area is 125 Å². The number of furan rings is 1. The highest BCUT2D eigenvalue weighted by Gasteiger charge is 2.39. The number of oxazole rings is 1. The second-order valence-electron chi connectivity index (χ2n) is 5.63. The minimum atomic E-state index is -1.09. The number of amides is 1. The fourth-order valence-corrected chi connectivity index (χ4v) is 2.85. The van der Waals surface area contributed by atoms with Crippen LogP contribution in [0.15, 0.2) is 27.4 Å². The average molecular weight is 302 g/mol. The third-order valence-corrected chi connectivity index (χ3v) is 4.12. The zero-order chi connectivity index (χ0) is 15.3. The van der Waals surface area contributed by atoms with Crippen molar-refractivity contribution in [3.63, 3.8) is 0 Å². The van der Waals surface area contributed by atoms with Gasteiger partial charge in [0.05, 0.1) is 12.5 Å². The zero-order valence-electron chi connectivity index (χ0n) is 11.7. The molecule has 0 aromatic carbocycles. The molecule has 0 spiro atoms. The van der Waals surface area contributed by atoms with Crippen LogP contribution in [-0.2, 0) is 11.2 Å². The van der Waals surface area contributed by atoms with Crippen LogP contribution in [-0.4, -0.2) is 33.4 Å². The molecule has 1 amide bonds. The Morgan fingerprint density at radius 2 is 2.18 bits per heavy atom. The van der Waals surface area contributed by atoms with Crippen molar-refractivity contribution in [2.75, 3.05) is 6.54 Å². The van der Waals surface area contributed by atoms with Crippen LogP contribution in [0.1, 0.15) is 52.6 Å². The molecule has 1 aliphatic carbocycles. The van der Waals surface area contributed by atoms with Crippen LogP contribution < -0.4 is 0 Å². The van der Waals surface area contributed by atoms with Crippen LogP contribution >= 0.6 is 0 Å². The molecule has 0 radical (unpaired) electrons. The van der Waals surface area contributed by atoms with E-state index in [0.29, 0.717) is 29.6 Å². The van der Waals surface area contributed by atoms with Crippen LogP contribution in [0, 0.1) is 0 Å². The summed E-state index contributed by atoms with van der Waals surface area (Å²) in [5.74, 6) is 0.0546. The Kier molecular flexibility index (Phi) is 2.82. The molecule has 7 nitrogen and oxygen atoms in total. The summed E-state index contributed by atoms with van der Waals surface area (Å²) < 4.78 is 10.8. The monoisotopic (exact) mass is 302 g/mol. The fourth-order valence-electron chi connectivity index (χ4n) is 2.85. The molecule has 1 N–H and O–H groups in total. The van der Waals surface area contributed by atoms with Gasteiger partial charge in [-0.2, -0.15) is 0 Å². The fraction of sp³-hybridized carbons (Fsp3) is 0.400. The van der Waals surface area contributed by atoms with Gasteiger partial charge in [0.2, 0.25) is 5.76 Å². The van der Waals surface area contributed by atoms with Gasteiger partial charge in [0.1, 0.15) is 5.76 Å². The maximum atomic E-state index is 12.6. The van der Waals surface area contributed by atoms with E-state index in [4.69, 9.17) is 8.83 Å². The predicted molar refractivity (Wildman–Crippen MR) is 72.3 cm³/mol. The lowest BCUT2D eigenvalue weighted by Gasteiger charge is -2.31. The van der Waals surface area contributed by atoms with E-state index in [1.165, 1.54) is 17.4 Å². The lowest BCUT2D eigenvalue weighted by Crippen LogP contribution is -2.43. The van der Waals surface area contributed by atoms with Gasteiger partial charge >= 0.3 is 5.97 Å². The van der Waals surface area contributed by atoms with E-state index in [-0.39, 0.29) is 12.3 Å². The molecule has 114 valence electrons. The first-order valence-electron chi connectivity index (χ1n) is 7.21. The highest BCUT2D eigenvalue weighted by atomic mass is 16.4. The van der Waals surface area contributed by atoms with Gasteiger partial charge < -0.3 is 18.8 Å². The summed E-state index contributed by atoms with van der Waals surface area (Å²) in [5, 5.41) is 9.49. The molecule has 2 aromatic heterocycles. The maximum Gasteiger partial charge on any atom is 0.331 e. The molecule has 4 rings (SSSR count). The Morgan fingerprint density at radius 1 is 1.36 bits per heavy atom. The SMILES string of the molecule is O=C(O)C1c2ccoc2CCN1C(=O)c1cnc(C2CC2)o1. The largest absolute Gasteiger partial charge is 0.479 e. The van der Waals surface area contributed by atoms with Crippen molar-refractivity contribution in [3.05, 3.63) is 41.5 Å². The molecule has 1 saturated carbocycles. The number of carboxylic acids is 1. The molecular weight excluding hydrogens is 288 g/mol. The molecule has 2 aliphatic rings. The van der Waals surface area contributed by atoms with Crippen molar-refractivity contribution in [1.29, 1.82) is 0 Å². The van der Waals surface area contributed by atoms with Crippen molar-refractivity contribution in [1.82, 2.24) is 9.88 Å². The van der Waals surface area contributed by atoms with E-state index in [2.05, 4.69) is 4.98 Å². The maximum absolute atomic E-state index is 12.6. The summed E-state index contributed by atoms with van der Waals surface area (Å²) >= 11 is 0. The van der Waals surface area contributed by atoms with Crippen molar-refractivity contribution < 1.29 is 23.5 Å². The number of aliphatic carboxylic acids is 1. The predicted octanol–water partition coefficient (Wildman–Crippen LogP) is 1.97. The molecule has 1 atom stereocenters. The van der Waals surface area contributed by atoms with Crippen molar-refractivity contribution in [3.8, 4) is 0 Å². The van der Waals surface area contributed by atoms with Gasteiger partial charge in [-0.25, -0.2) is 9.78 Å². The normalized spacial score (nSPS) is 20.7. The number of rotatable bonds is 3. The Morgan fingerprint density at radius 3 is 2.91 bits per heavy atom. The number of carbonyl (C=O) groups is 2. The first-order valence-corrected chi connectivity index (χ1v) is 7.21. The molecule has 1 aliphatic heterocycles. The van der Waals surface area contributed by atoms with Crippen molar-refractivity contribution >= 4 is 11.9 Å². The molecule has 0 saturated heterocycles. The van der Waals surface area contributed by atoms with Crippen LogP contribution in [0.5, 0.6) is 0 Å². The third-order valence-electron chi connectivity index (χ3n) is 4.12. The van der Waals surface area contributed by atoms with Crippen LogP contribution in [0.2, 0.25) is 0 Å². The third kappa shape index (κ3) is 2.01. The van der Waals surface area contributed by atoms with E-state index < -0.39 is 17.9 Å². The minimum absolute atomic E-state index is 0.0973. The number of nitrogens with zero attached hydrogens (tertiary/aromatic N) is 2. The van der Waals surface area contributed by atoms with E-state index in [1.807, 2.05) is 0 Å². The number of carboxylic acid groups (broad SMARTS) is 1. The van der Waals surface area contributed by atoms with Gasteiger partial charge in [-0.15, -0.1) is 0 Å². The van der Waals surface area contributed by atoms with Gasteiger partial charge in [0.25, 0.3) is 5.91 Å². The van der Waals surface area contributed by atoms with E-state index in [1.54, 1.807) is 6.07 Å². The first-order chi connectivity index (χ1) is 10.6. The van der Waals surface area contributed by atoms with Gasteiger partial charge in [-0.3, -0.25) is 4.79 Å². The second kappa shape index (κ2) is 4.72. The zero-order valence-corrected chi connectivity index (χ0v) is 11.7. The van der Waals surface area contributed by atoms with E-state index >= 15 is 0 Å². The average Bonchev–Trinajstić information content (AvgIpc) is 3.05. The lowest BCUT2D eigenvalue weighted by atomic mass is 9.99. The molecule has 7 heteroatoms. The summed E-state index contributed by atoms with van der Waals surface area (Å²) in [4.78, 5) is 29.6. The number of hydrogen-bond donors (Lipinski definition) is 1. The summed E-state index contributed by atoms with van der Waals surface area (Å²) in [6.45, 7) is 0.274. The molecule has 22 heavy (non-hydrogen) atoms. The van der Waals surface area contributed by atoms with Gasteiger partial charge in [-0.1, -0.05) is 0 Å². The standard InChI is InChI=1S/C15H14N2O5/c18-14(11-7-16-13(22-11)8-1-2-8)17-5-3-10-9(4-6-21-10)12(17)15(19)20/h4,6-8,12H,1-3,5H2,(H,19,20). The summed E-state index contributed by atoms with van der Waals surface area (Å²) in [5.41, 5.74) is 0.522. The van der Waals surface area contributed by atoms with E-state index in [0.717, 1.165) is 12.8 Å². The Bertz CT molecular complexity index is 743. The highest BCUT2D eigenvalue weighted by Crippen LogP contribution is 2.40. The van der Waals surface area contributed by atoms with Crippen LogP contribution in [0.25, 0.3) is 0 Å². The molecule has 3 heterocycles. The molecule has 1 unspecified atom stereocenters. The number of fused-ring (bicyclic) bond motifs is 1. The molecule has 1 fully saturated rings. The Hall–Kier alpha value is -2.57. The minimum Gasteiger partial charge on any atom is -0.479 e. The second-order valence-corrected chi connectivity index (χ2v) is 5.63. The van der Waals surface area contributed by atoms with Crippen LogP contribution in [0.3, 0.4) is 0 Å². The summed E-state index contributed by atoms with van der Waals surface area (Å²) in [6.07, 6.45) is 5.37. The summed E-state index contributed by atoms with van der Waals surface area (Å²) in [6, 6.07) is 0.549.